The fourth-order valence-corrected chi connectivity index (χ4v) is 8.90. The molecule has 2 heteroatoms. The maximum Gasteiger partial charge on any atom is 0.143 e. The molecule has 0 aliphatic carbocycles. The summed E-state index contributed by atoms with van der Waals surface area (Å²) in [6.45, 7) is 0. The highest BCUT2D eigenvalue weighted by Gasteiger charge is 2.19. The molecule has 0 atom stereocenters. The van der Waals surface area contributed by atoms with Gasteiger partial charge in [0.05, 0.1) is 0 Å². The van der Waals surface area contributed by atoms with Crippen LogP contribution in [0.25, 0.3) is 120 Å². The average Bonchev–Trinajstić information content (AvgIpc) is 3.78. The number of furan rings is 2. The van der Waals surface area contributed by atoms with E-state index in [0.29, 0.717) is 0 Å². The molecule has 0 spiro atoms. The molecule has 0 fully saturated rings. The Kier molecular flexibility index (Phi) is 6.09. The zero-order valence-electron chi connectivity index (χ0n) is 29.1. The maximum atomic E-state index is 6.56. The summed E-state index contributed by atoms with van der Waals surface area (Å²) in [6, 6.07) is 65.8. The van der Waals surface area contributed by atoms with Gasteiger partial charge >= 0.3 is 0 Å². The van der Waals surface area contributed by atoms with Crippen LogP contribution in [0.4, 0.5) is 0 Å². The molecule has 0 N–H and O–H groups in total. The predicted octanol–water partition coefficient (Wildman–Crippen LogP) is 15.1. The lowest BCUT2D eigenvalue weighted by molar-refractivity contribution is 0.658. The second kappa shape index (κ2) is 11.2. The summed E-state index contributed by atoms with van der Waals surface area (Å²) in [5.74, 6) is 0. The van der Waals surface area contributed by atoms with Gasteiger partial charge in [-0.1, -0.05) is 140 Å². The molecule has 0 radical (unpaired) electrons. The third-order valence-corrected chi connectivity index (χ3v) is 11.4. The summed E-state index contributed by atoms with van der Waals surface area (Å²) in [6.07, 6.45) is 0. The van der Waals surface area contributed by atoms with Crippen molar-refractivity contribution in [3.63, 3.8) is 0 Å². The van der Waals surface area contributed by atoms with Gasteiger partial charge in [0.25, 0.3) is 0 Å². The molecular formula is C52H30O2. The van der Waals surface area contributed by atoms with Crippen LogP contribution in [-0.2, 0) is 0 Å². The average molecular weight is 687 g/mol. The topological polar surface area (TPSA) is 26.3 Å². The first-order chi connectivity index (χ1) is 26.7. The van der Waals surface area contributed by atoms with E-state index in [1.165, 1.54) is 60.0 Å². The van der Waals surface area contributed by atoms with Gasteiger partial charge in [-0.25, -0.2) is 0 Å². The van der Waals surface area contributed by atoms with Gasteiger partial charge in [0, 0.05) is 33.0 Å². The number of hydrogen-bond donors (Lipinski definition) is 0. The van der Waals surface area contributed by atoms with Crippen molar-refractivity contribution in [2.45, 2.75) is 0 Å². The molecule has 2 nitrogen and oxygen atoms in total. The van der Waals surface area contributed by atoms with Crippen LogP contribution in [0.5, 0.6) is 0 Å². The fraction of sp³-hybridized carbons (Fsp3) is 0. The lowest BCUT2D eigenvalue weighted by atomic mass is 9.85. The van der Waals surface area contributed by atoms with Crippen molar-refractivity contribution in [3.05, 3.63) is 182 Å². The minimum Gasteiger partial charge on any atom is -0.456 e. The summed E-state index contributed by atoms with van der Waals surface area (Å²) in [5, 5.41) is 14.2. The second-order valence-corrected chi connectivity index (χ2v) is 14.4. The van der Waals surface area contributed by atoms with E-state index in [9.17, 15) is 0 Å². The molecule has 10 aromatic carbocycles. The third-order valence-electron chi connectivity index (χ3n) is 11.4. The maximum absolute atomic E-state index is 6.56. The highest BCUT2D eigenvalue weighted by molar-refractivity contribution is 6.22. The molecule has 0 saturated carbocycles. The normalized spacial score (nSPS) is 12.1. The van der Waals surface area contributed by atoms with Crippen molar-refractivity contribution >= 4 is 87.0 Å². The Morgan fingerprint density at radius 3 is 1.52 bits per heavy atom. The summed E-state index contributed by atoms with van der Waals surface area (Å²) >= 11 is 0. The highest BCUT2D eigenvalue weighted by Crippen LogP contribution is 2.45. The number of hydrogen-bond acceptors (Lipinski definition) is 2. The van der Waals surface area contributed by atoms with Crippen LogP contribution < -0.4 is 0 Å². The Morgan fingerprint density at radius 2 is 0.759 bits per heavy atom. The highest BCUT2D eigenvalue weighted by atomic mass is 16.3. The van der Waals surface area contributed by atoms with Gasteiger partial charge in [0.2, 0.25) is 0 Å². The first-order valence-electron chi connectivity index (χ1n) is 18.5. The van der Waals surface area contributed by atoms with E-state index in [2.05, 4.69) is 182 Å². The van der Waals surface area contributed by atoms with Crippen molar-refractivity contribution in [1.82, 2.24) is 0 Å². The number of rotatable bonds is 3. The van der Waals surface area contributed by atoms with Crippen LogP contribution in [0.15, 0.2) is 191 Å². The Hall–Kier alpha value is -7.16. The molecule has 0 unspecified atom stereocenters. The van der Waals surface area contributed by atoms with Crippen LogP contribution in [0, 0.1) is 0 Å². The van der Waals surface area contributed by atoms with Gasteiger partial charge in [-0.2, -0.15) is 0 Å². The van der Waals surface area contributed by atoms with Crippen molar-refractivity contribution in [2.24, 2.45) is 0 Å². The Labute approximate surface area is 310 Å². The molecule has 2 heterocycles. The summed E-state index contributed by atoms with van der Waals surface area (Å²) in [4.78, 5) is 0. The van der Waals surface area contributed by atoms with Gasteiger partial charge in [-0.3, -0.25) is 0 Å². The van der Waals surface area contributed by atoms with Gasteiger partial charge < -0.3 is 8.83 Å². The molecule has 250 valence electrons. The van der Waals surface area contributed by atoms with Crippen LogP contribution in [0.1, 0.15) is 0 Å². The van der Waals surface area contributed by atoms with Crippen LogP contribution >= 0.6 is 0 Å². The molecule has 12 rings (SSSR count). The van der Waals surface area contributed by atoms with Crippen molar-refractivity contribution < 1.29 is 8.83 Å². The standard InChI is InChI=1S/C52H30O2/c1-2-12-33-26-37(21-20-31(33)10-1)51-42-18-7-5-16-40(42)50(41-17-6-8-19-43(41)51)36-14-9-13-34(27-36)35-23-24-39-45-29-46-44-25-22-32-11-3-4-15-38(32)52(44)54-49(46)30-48(45)53-47(39)28-35/h1-30H. The minimum absolute atomic E-state index is 0.830. The van der Waals surface area contributed by atoms with E-state index < -0.39 is 0 Å². The van der Waals surface area contributed by atoms with Crippen molar-refractivity contribution in [1.29, 1.82) is 0 Å². The smallest absolute Gasteiger partial charge is 0.143 e. The molecule has 0 bridgehead atoms. The molecule has 54 heavy (non-hydrogen) atoms. The van der Waals surface area contributed by atoms with Crippen molar-refractivity contribution in [2.75, 3.05) is 0 Å². The monoisotopic (exact) mass is 686 g/mol. The Bertz CT molecular complexity index is 3450. The summed E-state index contributed by atoms with van der Waals surface area (Å²) in [7, 11) is 0. The van der Waals surface area contributed by atoms with Gasteiger partial charge in [-0.15, -0.1) is 0 Å². The zero-order chi connectivity index (χ0) is 35.3. The largest absolute Gasteiger partial charge is 0.456 e. The zero-order valence-corrected chi connectivity index (χ0v) is 29.1. The molecule has 0 amide bonds. The first kappa shape index (κ1) is 29.4. The van der Waals surface area contributed by atoms with E-state index in [0.717, 1.165) is 60.4 Å². The Morgan fingerprint density at radius 1 is 0.241 bits per heavy atom. The second-order valence-electron chi connectivity index (χ2n) is 14.4. The van der Waals surface area contributed by atoms with E-state index >= 15 is 0 Å². The first-order valence-corrected chi connectivity index (χ1v) is 18.5. The molecule has 0 saturated heterocycles. The van der Waals surface area contributed by atoms with E-state index in [1.54, 1.807) is 0 Å². The molecule has 2 aromatic heterocycles. The summed E-state index contributed by atoms with van der Waals surface area (Å²) in [5.41, 5.74) is 10.7. The molecule has 12 aromatic rings. The van der Waals surface area contributed by atoms with Crippen LogP contribution in [0.3, 0.4) is 0 Å². The molecule has 0 aliphatic rings. The fourth-order valence-electron chi connectivity index (χ4n) is 8.90. The van der Waals surface area contributed by atoms with E-state index in [1.807, 2.05) is 0 Å². The Balaban J connectivity index is 1.01. The third kappa shape index (κ3) is 4.28. The van der Waals surface area contributed by atoms with Gasteiger partial charge in [0.1, 0.15) is 22.3 Å². The van der Waals surface area contributed by atoms with E-state index in [-0.39, 0.29) is 0 Å². The molecular weight excluding hydrogens is 657 g/mol. The summed E-state index contributed by atoms with van der Waals surface area (Å²) < 4.78 is 13.0. The van der Waals surface area contributed by atoms with Crippen molar-refractivity contribution in [3.8, 4) is 33.4 Å². The quantitative estimate of drug-likeness (QED) is 0.173. The van der Waals surface area contributed by atoms with Crippen LogP contribution in [-0.4, -0.2) is 0 Å². The SMILES string of the molecule is c1cc(-c2ccc3c(c2)oc2cc4oc5c6ccccc6ccc5c4cc23)cc(-c2c3ccccc3c(-c3ccc4ccccc4c3)c3ccccc23)c1. The van der Waals surface area contributed by atoms with Crippen LogP contribution in [0.2, 0.25) is 0 Å². The number of fused-ring (bicyclic) bond motifs is 11. The van der Waals surface area contributed by atoms with Gasteiger partial charge in [-0.05, 0) is 107 Å². The molecule has 0 aliphatic heterocycles. The minimum atomic E-state index is 0.830. The lowest BCUT2D eigenvalue weighted by Crippen LogP contribution is -1.91. The number of benzene rings is 10. The lowest BCUT2D eigenvalue weighted by Gasteiger charge is -2.18. The van der Waals surface area contributed by atoms with Gasteiger partial charge in [0.15, 0.2) is 0 Å². The van der Waals surface area contributed by atoms with E-state index in [4.69, 9.17) is 8.83 Å². The predicted molar refractivity (Wildman–Crippen MR) is 227 cm³/mol.